The highest BCUT2D eigenvalue weighted by atomic mass is 16.5. The van der Waals surface area contributed by atoms with Gasteiger partial charge in [-0.2, -0.15) is 0 Å². The molecule has 2 aromatic rings. The standard InChI is InChI=1S/C32H43NO4/c1-7-32(6)16-15-20(2)28(34)27-22(17-25(27)32)19-37-30(36)23-12-8-9-14-26(23)33-18-21-11-10-13-24(29(21)35)31(3,4)5/h8-14,18,20,22,25,27-28,34-35H,7,15-17,19H2,1-6H3. The van der Waals surface area contributed by atoms with E-state index in [0.29, 0.717) is 29.3 Å². The van der Waals surface area contributed by atoms with Crippen LogP contribution < -0.4 is 0 Å². The Morgan fingerprint density at radius 1 is 1.19 bits per heavy atom. The summed E-state index contributed by atoms with van der Waals surface area (Å²) in [6, 6.07) is 12.8. The Hall–Kier alpha value is -2.66. The van der Waals surface area contributed by atoms with E-state index >= 15 is 0 Å². The third-order valence-corrected chi connectivity index (χ3v) is 9.19. The number of aromatic hydroxyl groups is 1. The fourth-order valence-corrected chi connectivity index (χ4v) is 6.38. The van der Waals surface area contributed by atoms with Gasteiger partial charge in [0.2, 0.25) is 0 Å². The summed E-state index contributed by atoms with van der Waals surface area (Å²) in [5, 5.41) is 21.8. The van der Waals surface area contributed by atoms with E-state index in [0.717, 1.165) is 31.2 Å². The van der Waals surface area contributed by atoms with E-state index in [1.165, 1.54) is 0 Å². The molecule has 0 aromatic heterocycles. The first kappa shape index (κ1) is 27.4. The second kappa shape index (κ2) is 10.6. The zero-order chi connectivity index (χ0) is 27.0. The second-order valence-electron chi connectivity index (χ2n) is 12.6. The van der Waals surface area contributed by atoms with Crippen LogP contribution in [0.4, 0.5) is 5.69 Å². The molecule has 2 saturated carbocycles. The Kier molecular flexibility index (Phi) is 7.85. The first-order valence-corrected chi connectivity index (χ1v) is 13.8. The minimum Gasteiger partial charge on any atom is -0.507 e. The lowest BCUT2D eigenvalue weighted by molar-refractivity contribution is -0.113. The number of aliphatic imine (C=N–C) groups is 1. The molecular formula is C32H43NO4. The van der Waals surface area contributed by atoms with Gasteiger partial charge in [0.15, 0.2) is 0 Å². The fraction of sp³-hybridized carbons (Fsp3) is 0.562. The normalized spacial score (nSPS) is 29.9. The summed E-state index contributed by atoms with van der Waals surface area (Å²) in [4.78, 5) is 17.7. The first-order chi connectivity index (χ1) is 17.5. The number of esters is 1. The van der Waals surface area contributed by atoms with Crippen LogP contribution in [0.5, 0.6) is 5.75 Å². The summed E-state index contributed by atoms with van der Waals surface area (Å²) in [7, 11) is 0. The SMILES string of the molecule is CCC1(C)CCC(C)C(O)C2C(COC(=O)c3ccccc3N=Cc3cccc(C(C)(C)C)c3O)CC21. The Morgan fingerprint density at radius 3 is 2.62 bits per heavy atom. The van der Waals surface area contributed by atoms with Crippen molar-refractivity contribution in [3.8, 4) is 5.75 Å². The number of aliphatic hydroxyl groups excluding tert-OH is 1. The van der Waals surface area contributed by atoms with Crippen molar-refractivity contribution in [1.29, 1.82) is 0 Å². The molecule has 0 radical (unpaired) electrons. The molecule has 0 saturated heterocycles. The lowest BCUT2D eigenvalue weighted by Crippen LogP contribution is -2.52. The van der Waals surface area contributed by atoms with Gasteiger partial charge in [0, 0.05) is 11.8 Å². The highest BCUT2D eigenvalue weighted by Crippen LogP contribution is 2.58. The number of phenolic OH excluding ortho intramolecular Hbond substituents is 1. The zero-order valence-corrected chi connectivity index (χ0v) is 23.2. The van der Waals surface area contributed by atoms with Crippen molar-refractivity contribution in [3.05, 3.63) is 59.2 Å². The maximum atomic E-state index is 13.1. The average molecular weight is 506 g/mol. The number of carbonyl (C=O) groups excluding carboxylic acids is 1. The number of para-hydroxylation sites is 2. The van der Waals surface area contributed by atoms with Gasteiger partial charge in [-0.05, 0) is 77.5 Å². The third kappa shape index (κ3) is 5.47. The Morgan fingerprint density at radius 2 is 1.92 bits per heavy atom. The van der Waals surface area contributed by atoms with Gasteiger partial charge in [0.05, 0.1) is 24.0 Å². The van der Waals surface area contributed by atoms with Crippen LogP contribution in [-0.4, -0.2) is 35.1 Å². The van der Waals surface area contributed by atoms with Crippen LogP contribution in [0.15, 0.2) is 47.5 Å². The number of fused-ring (bicyclic) bond motifs is 1. The molecule has 37 heavy (non-hydrogen) atoms. The van der Waals surface area contributed by atoms with E-state index in [9.17, 15) is 15.0 Å². The van der Waals surface area contributed by atoms with Crippen molar-refractivity contribution in [3.63, 3.8) is 0 Å². The van der Waals surface area contributed by atoms with Gasteiger partial charge in [0.1, 0.15) is 5.75 Å². The van der Waals surface area contributed by atoms with Crippen LogP contribution in [-0.2, 0) is 10.2 Å². The molecule has 2 aliphatic rings. The molecule has 0 heterocycles. The van der Waals surface area contributed by atoms with Crippen LogP contribution in [0.2, 0.25) is 0 Å². The van der Waals surface area contributed by atoms with Crippen molar-refractivity contribution in [2.24, 2.45) is 34.1 Å². The van der Waals surface area contributed by atoms with Crippen LogP contribution in [0.25, 0.3) is 0 Å². The van der Waals surface area contributed by atoms with Crippen molar-refractivity contribution in [2.45, 2.75) is 78.7 Å². The van der Waals surface area contributed by atoms with Gasteiger partial charge in [-0.1, -0.05) is 72.2 Å². The number of ether oxygens (including phenoxy) is 1. The predicted octanol–water partition coefficient (Wildman–Crippen LogP) is 7.06. The molecule has 200 valence electrons. The quantitative estimate of drug-likeness (QED) is 0.325. The number of benzene rings is 2. The lowest BCUT2D eigenvalue weighted by atomic mass is 9.53. The van der Waals surface area contributed by atoms with Gasteiger partial charge in [-0.3, -0.25) is 4.99 Å². The number of hydrogen-bond acceptors (Lipinski definition) is 5. The van der Waals surface area contributed by atoms with E-state index in [-0.39, 0.29) is 40.4 Å². The van der Waals surface area contributed by atoms with Crippen molar-refractivity contribution in [2.75, 3.05) is 6.61 Å². The van der Waals surface area contributed by atoms with Crippen molar-refractivity contribution < 1.29 is 19.7 Å². The summed E-state index contributed by atoms with van der Waals surface area (Å²) in [5.74, 6) is 0.911. The first-order valence-electron chi connectivity index (χ1n) is 13.8. The Bertz CT molecular complexity index is 1150. The van der Waals surface area contributed by atoms with Crippen LogP contribution >= 0.6 is 0 Å². The summed E-state index contributed by atoms with van der Waals surface area (Å²) < 4.78 is 5.81. The molecule has 0 amide bonds. The number of hydrogen-bond donors (Lipinski definition) is 2. The van der Waals surface area contributed by atoms with Gasteiger partial charge in [-0.15, -0.1) is 0 Å². The van der Waals surface area contributed by atoms with E-state index in [2.05, 4.69) is 46.5 Å². The van der Waals surface area contributed by atoms with Gasteiger partial charge < -0.3 is 14.9 Å². The van der Waals surface area contributed by atoms with Crippen LogP contribution in [0.3, 0.4) is 0 Å². The average Bonchev–Trinajstić information content (AvgIpc) is 2.91. The molecule has 6 atom stereocenters. The Balaban J connectivity index is 1.47. The molecule has 2 fully saturated rings. The minimum atomic E-state index is -0.404. The summed E-state index contributed by atoms with van der Waals surface area (Å²) >= 11 is 0. The Labute approximate surface area is 222 Å². The molecular weight excluding hydrogens is 462 g/mol. The van der Waals surface area contributed by atoms with E-state index in [4.69, 9.17) is 4.74 Å². The maximum absolute atomic E-state index is 13.1. The highest BCUT2D eigenvalue weighted by Gasteiger charge is 2.55. The van der Waals surface area contributed by atoms with E-state index < -0.39 is 5.97 Å². The van der Waals surface area contributed by atoms with Gasteiger partial charge in [0.25, 0.3) is 0 Å². The third-order valence-electron chi connectivity index (χ3n) is 9.19. The summed E-state index contributed by atoms with van der Waals surface area (Å²) in [5.41, 5.74) is 2.39. The van der Waals surface area contributed by atoms with Gasteiger partial charge >= 0.3 is 5.97 Å². The molecule has 2 N–H and O–H groups in total. The number of rotatable bonds is 6. The number of carbonyl (C=O) groups is 1. The fourth-order valence-electron chi connectivity index (χ4n) is 6.38. The van der Waals surface area contributed by atoms with Crippen molar-refractivity contribution >= 4 is 17.9 Å². The molecule has 4 rings (SSSR count). The molecule has 2 aliphatic carbocycles. The molecule has 5 heteroatoms. The highest BCUT2D eigenvalue weighted by molar-refractivity contribution is 5.96. The second-order valence-corrected chi connectivity index (χ2v) is 12.6. The van der Waals surface area contributed by atoms with Gasteiger partial charge in [-0.25, -0.2) is 4.79 Å². The molecule has 0 bridgehead atoms. The summed E-state index contributed by atoms with van der Waals surface area (Å²) in [6.07, 6.45) is 5.56. The number of phenols is 1. The largest absolute Gasteiger partial charge is 0.507 e. The maximum Gasteiger partial charge on any atom is 0.340 e. The monoisotopic (exact) mass is 505 g/mol. The number of aliphatic hydroxyl groups is 1. The molecule has 0 aliphatic heterocycles. The number of nitrogens with zero attached hydrogens (tertiary/aromatic N) is 1. The molecule has 6 unspecified atom stereocenters. The van der Waals surface area contributed by atoms with Crippen LogP contribution in [0, 0.1) is 29.1 Å². The zero-order valence-electron chi connectivity index (χ0n) is 23.2. The van der Waals surface area contributed by atoms with E-state index in [1.807, 2.05) is 24.3 Å². The molecule has 5 nitrogen and oxygen atoms in total. The molecule has 2 aromatic carbocycles. The van der Waals surface area contributed by atoms with E-state index in [1.54, 1.807) is 24.4 Å². The smallest absolute Gasteiger partial charge is 0.340 e. The predicted molar refractivity (Wildman–Crippen MR) is 149 cm³/mol. The summed E-state index contributed by atoms with van der Waals surface area (Å²) in [6.45, 7) is 13.2. The lowest BCUT2D eigenvalue weighted by Gasteiger charge is -2.53. The van der Waals surface area contributed by atoms with Crippen LogP contribution in [0.1, 0.15) is 88.7 Å². The topological polar surface area (TPSA) is 79.1 Å². The van der Waals surface area contributed by atoms with Crippen molar-refractivity contribution in [1.82, 2.24) is 0 Å². The molecule has 0 spiro atoms. The minimum absolute atomic E-state index is 0.182.